The number of likely N-dealkylation sites (tertiary alicyclic amines) is 1. The number of hydrogen-bond acceptors (Lipinski definition) is 4. The van der Waals surface area contributed by atoms with Gasteiger partial charge in [-0.05, 0) is 24.6 Å². The second-order valence-electron chi connectivity index (χ2n) is 5.59. The predicted molar refractivity (Wildman–Crippen MR) is 72.7 cm³/mol. The van der Waals surface area contributed by atoms with Crippen molar-refractivity contribution in [3.05, 3.63) is 29.8 Å². The summed E-state index contributed by atoms with van der Waals surface area (Å²) in [6.07, 6.45) is 1.98. The van der Waals surface area contributed by atoms with Crippen molar-refractivity contribution in [1.82, 2.24) is 4.90 Å². The maximum Gasteiger partial charge on any atom is 0.254 e. The molecule has 5 heteroatoms. The molecule has 0 unspecified atom stereocenters. The Bertz CT molecular complexity index is 510. The second kappa shape index (κ2) is 5.07. The summed E-state index contributed by atoms with van der Waals surface area (Å²) in [6.45, 7) is 1.88. The molecule has 0 aliphatic carbocycles. The summed E-state index contributed by atoms with van der Waals surface area (Å²) in [4.78, 5) is 14.0. The van der Waals surface area contributed by atoms with E-state index >= 15 is 0 Å². The molecule has 1 amide bonds. The summed E-state index contributed by atoms with van der Waals surface area (Å²) >= 11 is 0. The minimum atomic E-state index is -0.231. The molecule has 2 aliphatic rings. The van der Waals surface area contributed by atoms with Gasteiger partial charge in [0.15, 0.2) is 0 Å². The molecule has 1 aromatic rings. The number of phenols is 1. The summed E-state index contributed by atoms with van der Waals surface area (Å²) in [5, 5.41) is 9.43. The molecule has 0 radical (unpaired) electrons. The van der Waals surface area contributed by atoms with E-state index in [2.05, 4.69) is 0 Å². The topological polar surface area (TPSA) is 59.0 Å². The molecule has 0 saturated carbocycles. The van der Waals surface area contributed by atoms with Gasteiger partial charge >= 0.3 is 0 Å². The van der Waals surface area contributed by atoms with Crippen LogP contribution in [-0.4, -0.2) is 54.4 Å². The largest absolute Gasteiger partial charge is 0.508 e. The first kappa shape index (κ1) is 13.4. The van der Waals surface area contributed by atoms with E-state index in [0.29, 0.717) is 25.3 Å². The van der Waals surface area contributed by atoms with Crippen molar-refractivity contribution in [1.29, 1.82) is 0 Å². The molecule has 2 heterocycles. The summed E-state index contributed by atoms with van der Waals surface area (Å²) in [6, 6.07) is 6.44. The van der Waals surface area contributed by atoms with Crippen LogP contribution >= 0.6 is 0 Å². The van der Waals surface area contributed by atoms with E-state index in [1.807, 2.05) is 0 Å². The van der Waals surface area contributed by atoms with Crippen LogP contribution in [-0.2, 0) is 9.47 Å². The van der Waals surface area contributed by atoms with Crippen LogP contribution in [0.25, 0.3) is 0 Å². The van der Waals surface area contributed by atoms with Crippen LogP contribution in [0.5, 0.6) is 5.75 Å². The zero-order chi connectivity index (χ0) is 14.2. The van der Waals surface area contributed by atoms with E-state index in [9.17, 15) is 9.90 Å². The third kappa shape index (κ3) is 2.39. The van der Waals surface area contributed by atoms with Crippen LogP contribution in [0.1, 0.15) is 23.2 Å². The fourth-order valence-corrected chi connectivity index (χ4v) is 3.02. The van der Waals surface area contributed by atoms with E-state index in [-0.39, 0.29) is 23.4 Å². The Morgan fingerprint density at radius 1 is 1.50 bits per heavy atom. The molecule has 2 aliphatic heterocycles. The highest BCUT2D eigenvalue weighted by atomic mass is 16.5. The lowest BCUT2D eigenvalue weighted by atomic mass is 9.84. The molecule has 0 bridgehead atoms. The number of carbonyl (C=O) groups excluding carboxylic acids is 1. The number of aromatic hydroxyl groups is 1. The van der Waals surface area contributed by atoms with E-state index < -0.39 is 0 Å². The van der Waals surface area contributed by atoms with E-state index in [1.54, 1.807) is 30.2 Å². The highest BCUT2D eigenvalue weighted by molar-refractivity contribution is 5.95. The quantitative estimate of drug-likeness (QED) is 0.888. The number of rotatable bonds is 2. The molecule has 108 valence electrons. The zero-order valence-corrected chi connectivity index (χ0v) is 11.5. The molecule has 2 fully saturated rings. The Morgan fingerprint density at radius 3 is 3.00 bits per heavy atom. The third-order valence-electron chi connectivity index (χ3n) is 4.12. The van der Waals surface area contributed by atoms with Crippen molar-refractivity contribution in [2.45, 2.75) is 24.5 Å². The molecule has 1 aromatic carbocycles. The Hall–Kier alpha value is -1.59. The van der Waals surface area contributed by atoms with Crippen LogP contribution in [0.2, 0.25) is 0 Å². The lowest BCUT2D eigenvalue weighted by molar-refractivity contribution is -0.181. The fourth-order valence-electron chi connectivity index (χ4n) is 3.02. The Kier molecular flexibility index (Phi) is 3.40. The first-order valence-corrected chi connectivity index (χ1v) is 6.87. The number of phenolic OH excluding ortho intramolecular Hbond substituents is 1. The fraction of sp³-hybridized carbons (Fsp3) is 0.533. The predicted octanol–water partition coefficient (Wildman–Crippen LogP) is 1.41. The minimum Gasteiger partial charge on any atom is -0.508 e. The van der Waals surface area contributed by atoms with Gasteiger partial charge in [-0.25, -0.2) is 0 Å². The highest BCUT2D eigenvalue weighted by Crippen LogP contribution is 2.36. The monoisotopic (exact) mass is 277 g/mol. The van der Waals surface area contributed by atoms with Gasteiger partial charge in [-0.1, -0.05) is 6.07 Å². The van der Waals surface area contributed by atoms with E-state index in [1.165, 1.54) is 6.07 Å². The first-order valence-electron chi connectivity index (χ1n) is 6.87. The molecule has 1 N–H and O–H groups in total. The number of hydrogen-bond donors (Lipinski definition) is 1. The van der Waals surface area contributed by atoms with Gasteiger partial charge in [0.05, 0.1) is 19.2 Å². The van der Waals surface area contributed by atoms with Crippen molar-refractivity contribution in [3.8, 4) is 5.75 Å². The van der Waals surface area contributed by atoms with Crippen molar-refractivity contribution in [2.75, 3.05) is 26.8 Å². The zero-order valence-electron chi connectivity index (χ0n) is 11.5. The first-order chi connectivity index (χ1) is 9.62. The van der Waals surface area contributed by atoms with Crippen molar-refractivity contribution >= 4 is 5.91 Å². The molecule has 3 rings (SSSR count). The standard InChI is InChI=1S/C15H19NO4/c1-19-13-5-6-20-15(8-13)9-16(10-15)14(18)11-3-2-4-12(17)7-11/h2-4,7,13,17H,5-6,8-10H2,1H3/t13-/m1/s1. The summed E-state index contributed by atoms with van der Waals surface area (Å²) in [7, 11) is 1.72. The van der Waals surface area contributed by atoms with Gasteiger partial charge in [0.1, 0.15) is 11.4 Å². The van der Waals surface area contributed by atoms with Gasteiger partial charge < -0.3 is 19.5 Å². The van der Waals surface area contributed by atoms with Gasteiger partial charge in [-0.15, -0.1) is 0 Å². The minimum absolute atomic E-state index is 0.0605. The molecule has 1 spiro atoms. The number of carbonyl (C=O) groups is 1. The summed E-state index contributed by atoms with van der Waals surface area (Å²) < 4.78 is 11.3. The average molecular weight is 277 g/mol. The van der Waals surface area contributed by atoms with Crippen molar-refractivity contribution in [3.63, 3.8) is 0 Å². The summed E-state index contributed by atoms with van der Waals surface area (Å²) in [5.74, 6) is 0.0501. The molecule has 2 saturated heterocycles. The molecular weight excluding hydrogens is 258 g/mol. The van der Waals surface area contributed by atoms with Gasteiger partial charge in [0, 0.05) is 25.7 Å². The molecule has 5 nitrogen and oxygen atoms in total. The Balaban J connectivity index is 1.64. The normalized spacial score (nSPS) is 24.4. The van der Waals surface area contributed by atoms with E-state index in [0.717, 1.165) is 12.8 Å². The number of nitrogens with zero attached hydrogens (tertiary/aromatic N) is 1. The molecule has 20 heavy (non-hydrogen) atoms. The number of amides is 1. The molecule has 0 aromatic heterocycles. The van der Waals surface area contributed by atoms with E-state index in [4.69, 9.17) is 9.47 Å². The van der Waals surface area contributed by atoms with Gasteiger partial charge in [-0.2, -0.15) is 0 Å². The Labute approximate surface area is 118 Å². The lowest BCUT2D eigenvalue weighted by Crippen LogP contribution is -2.67. The second-order valence-corrected chi connectivity index (χ2v) is 5.59. The number of ether oxygens (including phenoxy) is 2. The van der Waals surface area contributed by atoms with Crippen LogP contribution in [0.4, 0.5) is 0 Å². The third-order valence-corrected chi connectivity index (χ3v) is 4.12. The average Bonchev–Trinajstić information content (AvgIpc) is 2.44. The SMILES string of the molecule is CO[C@@H]1CCOC2(C1)CN(C(=O)c1cccc(O)c1)C2. The van der Waals surface area contributed by atoms with Crippen LogP contribution in [0.15, 0.2) is 24.3 Å². The number of methoxy groups -OCH3 is 1. The van der Waals surface area contributed by atoms with Crippen LogP contribution in [0.3, 0.4) is 0 Å². The van der Waals surface area contributed by atoms with Crippen molar-refractivity contribution < 1.29 is 19.4 Å². The summed E-state index contributed by atoms with van der Waals surface area (Å²) in [5.41, 5.74) is 0.282. The number of benzene rings is 1. The van der Waals surface area contributed by atoms with Crippen LogP contribution in [0, 0.1) is 0 Å². The lowest BCUT2D eigenvalue weighted by Gasteiger charge is -2.52. The maximum atomic E-state index is 12.3. The van der Waals surface area contributed by atoms with Crippen LogP contribution < -0.4 is 0 Å². The van der Waals surface area contributed by atoms with Crippen molar-refractivity contribution in [2.24, 2.45) is 0 Å². The van der Waals surface area contributed by atoms with Gasteiger partial charge in [-0.3, -0.25) is 4.79 Å². The smallest absolute Gasteiger partial charge is 0.254 e. The maximum absolute atomic E-state index is 12.3. The Morgan fingerprint density at radius 2 is 2.30 bits per heavy atom. The molecule has 1 atom stereocenters. The highest BCUT2D eigenvalue weighted by Gasteiger charge is 2.49. The van der Waals surface area contributed by atoms with Gasteiger partial charge in [0.2, 0.25) is 0 Å². The molecular formula is C15H19NO4. The van der Waals surface area contributed by atoms with Gasteiger partial charge in [0.25, 0.3) is 5.91 Å².